The number of nitrogens with zero attached hydrogens (tertiary/aromatic N) is 6. The van der Waals surface area contributed by atoms with Gasteiger partial charge in [-0.05, 0) is 36.8 Å². The summed E-state index contributed by atoms with van der Waals surface area (Å²) in [4.78, 5) is 20.2. The zero-order chi connectivity index (χ0) is 20.5. The fraction of sp³-hybridized carbons (Fsp3) is 0.273. The molecular weight excluding hydrogens is 378 g/mol. The molecule has 0 bridgehead atoms. The van der Waals surface area contributed by atoms with Gasteiger partial charge >= 0.3 is 0 Å². The molecule has 0 aliphatic carbocycles. The van der Waals surface area contributed by atoms with Crippen LogP contribution in [0.25, 0.3) is 16.7 Å². The predicted molar refractivity (Wildman–Crippen MR) is 115 cm³/mol. The second-order valence-corrected chi connectivity index (χ2v) is 7.56. The molecule has 8 heteroatoms. The van der Waals surface area contributed by atoms with Gasteiger partial charge in [0.05, 0.1) is 12.1 Å². The standard InChI is InChI=1S/C22H23N7O/c1-16-8-9-29(26-16)21-7-6-20(24-25-21)27-10-12-28(13-11-27)22(30)14-17-15-23-19-5-3-2-4-18(17)19/h2-9,15,23H,10-14H2,1H3. The molecule has 0 unspecified atom stereocenters. The lowest BCUT2D eigenvalue weighted by Gasteiger charge is -2.35. The summed E-state index contributed by atoms with van der Waals surface area (Å²) < 4.78 is 1.72. The average molecular weight is 401 g/mol. The van der Waals surface area contributed by atoms with E-state index < -0.39 is 0 Å². The zero-order valence-corrected chi connectivity index (χ0v) is 16.8. The van der Waals surface area contributed by atoms with Crippen LogP contribution in [0.5, 0.6) is 0 Å². The van der Waals surface area contributed by atoms with Crippen LogP contribution < -0.4 is 4.90 Å². The normalized spacial score (nSPS) is 14.4. The van der Waals surface area contributed by atoms with Crippen molar-refractivity contribution in [3.63, 3.8) is 0 Å². The van der Waals surface area contributed by atoms with Crippen LogP contribution in [-0.4, -0.2) is 61.9 Å². The first-order chi connectivity index (χ1) is 14.7. The quantitative estimate of drug-likeness (QED) is 0.568. The highest BCUT2D eigenvalue weighted by Gasteiger charge is 2.23. The number of aromatic amines is 1. The van der Waals surface area contributed by atoms with Crippen LogP contribution in [-0.2, 0) is 11.2 Å². The molecule has 1 saturated heterocycles. The van der Waals surface area contributed by atoms with Crippen molar-refractivity contribution in [2.24, 2.45) is 0 Å². The van der Waals surface area contributed by atoms with E-state index in [-0.39, 0.29) is 5.91 Å². The average Bonchev–Trinajstić information content (AvgIpc) is 3.40. The molecule has 152 valence electrons. The first kappa shape index (κ1) is 18.4. The Labute approximate surface area is 174 Å². The van der Waals surface area contributed by atoms with Gasteiger partial charge in [0, 0.05) is 49.5 Å². The van der Waals surface area contributed by atoms with Crippen molar-refractivity contribution in [1.82, 2.24) is 29.9 Å². The van der Waals surface area contributed by atoms with Crippen molar-refractivity contribution < 1.29 is 4.79 Å². The number of fused-ring (bicyclic) bond motifs is 1. The molecule has 1 aromatic carbocycles. The summed E-state index contributed by atoms with van der Waals surface area (Å²) in [5.74, 6) is 1.68. The molecule has 8 nitrogen and oxygen atoms in total. The number of piperazine rings is 1. The number of carbonyl (C=O) groups excluding carboxylic acids is 1. The van der Waals surface area contributed by atoms with Gasteiger partial charge in [0.15, 0.2) is 11.6 Å². The molecule has 3 aromatic heterocycles. The number of nitrogens with one attached hydrogen (secondary N) is 1. The Hall–Kier alpha value is -3.68. The van der Waals surface area contributed by atoms with E-state index in [1.54, 1.807) is 4.68 Å². The molecular formula is C22H23N7O. The minimum absolute atomic E-state index is 0.162. The van der Waals surface area contributed by atoms with Crippen LogP contribution in [0.3, 0.4) is 0 Å². The minimum Gasteiger partial charge on any atom is -0.361 e. The Bertz CT molecular complexity index is 1170. The summed E-state index contributed by atoms with van der Waals surface area (Å²) in [7, 11) is 0. The molecule has 1 N–H and O–H groups in total. The Balaban J connectivity index is 1.20. The highest BCUT2D eigenvalue weighted by Crippen LogP contribution is 2.20. The van der Waals surface area contributed by atoms with Gasteiger partial charge in [0.2, 0.25) is 5.91 Å². The van der Waals surface area contributed by atoms with Crippen LogP contribution in [0.2, 0.25) is 0 Å². The molecule has 30 heavy (non-hydrogen) atoms. The Morgan fingerprint density at radius 2 is 1.77 bits per heavy atom. The van der Waals surface area contributed by atoms with Gasteiger partial charge in [-0.3, -0.25) is 4.79 Å². The van der Waals surface area contributed by atoms with Crippen molar-refractivity contribution in [3.05, 3.63) is 66.1 Å². The van der Waals surface area contributed by atoms with E-state index >= 15 is 0 Å². The number of carbonyl (C=O) groups is 1. The maximum atomic E-state index is 12.8. The topological polar surface area (TPSA) is 82.9 Å². The van der Waals surface area contributed by atoms with E-state index in [1.807, 2.05) is 60.6 Å². The lowest BCUT2D eigenvalue weighted by atomic mass is 10.1. The largest absolute Gasteiger partial charge is 0.361 e. The van der Waals surface area contributed by atoms with Gasteiger partial charge in [-0.1, -0.05) is 18.2 Å². The van der Waals surface area contributed by atoms with Crippen LogP contribution in [0.15, 0.2) is 54.9 Å². The van der Waals surface area contributed by atoms with Crippen molar-refractivity contribution >= 4 is 22.6 Å². The highest BCUT2D eigenvalue weighted by molar-refractivity contribution is 5.89. The summed E-state index contributed by atoms with van der Waals surface area (Å²) in [6, 6.07) is 13.9. The second-order valence-electron chi connectivity index (χ2n) is 7.56. The number of hydrogen-bond acceptors (Lipinski definition) is 5. The first-order valence-corrected chi connectivity index (χ1v) is 10.1. The van der Waals surface area contributed by atoms with Gasteiger partial charge in [0.25, 0.3) is 0 Å². The number of para-hydroxylation sites is 1. The monoisotopic (exact) mass is 401 g/mol. The molecule has 0 atom stereocenters. The Morgan fingerprint density at radius 3 is 2.50 bits per heavy atom. The summed E-state index contributed by atoms with van der Waals surface area (Å²) >= 11 is 0. The Kier molecular flexibility index (Phi) is 4.66. The fourth-order valence-corrected chi connectivity index (χ4v) is 3.89. The fourth-order valence-electron chi connectivity index (χ4n) is 3.89. The van der Waals surface area contributed by atoms with Gasteiger partial charge in [0.1, 0.15) is 0 Å². The minimum atomic E-state index is 0.162. The lowest BCUT2D eigenvalue weighted by molar-refractivity contribution is -0.130. The maximum Gasteiger partial charge on any atom is 0.227 e. The van der Waals surface area contributed by atoms with Crippen LogP contribution in [0.1, 0.15) is 11.3 Å². The molecule has 5 rings (SSSR count). The third-order valence-corrected chi connectivity index (χ3v) is 5.57. The van der Waals surface area contributed by atoms with Crippen LogP contribution in [0.4, 0.5) is 5.82 Å². The molecule has 1 aliphatic heterocycles. The molecule has 1 fully saturated rings. The van der Waals surface area contributed by atoms with Gasteiger partial charge in [-0.2, -0.15) is 5.10 Å². The first-order valence-electron chi connectivity index (χ1n) is 10.1. The molecule has 1 amide bonds. The number of amides is 1. The molecule has 0 radical (unpaired) electrons. The molecule has 1 aliphatic rings. The zero-order valence-electron chi connectivity index (χ0n) is 16.8. The maximum absolute atomic E-state index is 12.8. The lowest BCUT2D eigenvalue weighted by Crippen LogP contribution is -2.49. The van der Waals surface area contributed by atoms with Crippen molar-refractivity contribution in [2.45, 2.75) is 13.3 Å². The Morgan fingerprint density at radius 1 is 1.00 bits per heavy atom. The van der Waals surface area contributed by atoms with Crippen molar-refractivity contribution in [1.29, 1.82) is 0 Å². The summed E-state index contributed by atoms with van der Waals surface area (Å²) in [6.45, 7) is 4.80. The summed E-state index contributed by atoms with van der Waals surface area (Å²) in [5.41, 5.74) is 3.06. The molecule has 4 heterocycles. The van der Waals surface area contributed by atoms with E-state index in [0.29, 0.717) is 25.3 Å². The smallest absolute Gasteiger partial charge is 0.227 e. The van der Waals surface area contributed by atoms with E-state index in [9.17, 15) is 4.79 Å². The van der Waals surface area contributed by atoms with E-state index in [4.69, 9.17) is 0 Å². The van der Waals surface area contributed by atoms with Gasteiger partial charge in [-0.15, -0.1) is 10.2 Å². The van der Waals surface area contributed by atoms with Crippen LogP contribution >= 0.6 is 0 Å². The second kappa shape index (κ2) is 7.62. The van der Waals surface area contributed by atoms with E-state index in [0.717, 1.165) is 41.1 Å². The highest BCUT2D eigenvalue weighted by atomic mass is 16.2. The number of anilines is 1. The third kappa shape index (κ3) is 3.52. The van der Waals surface area contributed by atoms with Crippen LogP contribution in [0, 0.1) is 6.92 Å². The summed E-state index contributed by atoms with van der Waals surface area (Å²) in [6.07, 6.45) is 4.23. The van der Waals surface area contributed by atoms with Gasteiger partial charge in [-0.25, -0.2) is 4.68 Å². The number of benzene rings is 1. The van der Waals surface area contributed by atoms with E-state index in [1.165, 1.54) is 0 Å². The van der Waals surface area contributed by atoms with Crippen molar-refractivity contribution in [3.8, 4) is 5.82 Å². The number of aryl methyl sites for hydroxylation is 1. The third-order valence-electron chi connectivity index (χ3n) is 5.57. The molecule has 0 saturated carbocycles. The SMILES string of the molecule is Cc1ccn(-c2ccc(N3CCN(C(=O)Cc4c[nH]c5ccccc45)CC3)nn2)n1. The molecule has 0 spiro atoms. The number of aromatic nitrogens is 5. The predicted octanol–water partition coefficient (Wildman–Crippen LogP) is 2.34. The molecule has 4 aromatic rings. The number of hydrogen-bond donors (Lipinski definition) is 1. The van der Waals surface area contributed by atoms with E-state index in [2.05, 4.69) is 31.2 Å². The van der Waals surface area contributed by atoms with Crippen molar-refractivity contribution in [2.75, 3.05) is 31.1 Å². The van der Waals surface area contributed by atoms with Gasteiger partial charge < -0.3 is 14.8 Å². The number of rotatable bonds is 4. The summed E-state index contributed by atoms with van der Waals surface area (Å²) in [5, 5.41) is 14.1. The number of H-pyrrole nitrogens is 1.